The molecule has 0 unspecified atom stereocenters. The Hall–Kier alpha value is -1.02. The van der Waals surface area contributed by atoms with Crippen LogP contribution < -0.4 is 10.2 Å². The van der Waals surface area contributed by atoms with Gasteiger partial charge in [0.25, 0.3) is 0 Å². The van der Waals surface area contributed by atoms with Crippen molar-refractivity contribution in [2.45, 2.75) is 32.7 Å². The van der Waals surface area contributed by atoms with E-state index in [2.05, 4.69) is 42.4 Å². The van der Waals surface area contributed by atoms with Crippen LogP contribution in [0, 0.1) is 0 Å². The van der Waals surface area contributed by atoms with Gasteiger partial charge in [0.1, 0.15) is 6.54 Å². The highest BCUT2D eigenvalue weighted by Gasteiger charge is 2.16. The van der Waals surface area contributed by atoms with Crippen molar-refractivity contribution in [3.05, 3.63) is 29.3 Å². The summed E-state index contributed by atoms with van der Waals surface area (Å²) in [5.74, 6) is 0. The quantitative estimate of drug-likeness (QED) is 0.814. The Morgan fingerprint density at radius 3 is 3.00 bits per heavy atom. The van der Waals surface area contributed by atoms with Gasteiger partial charge in [-0.2, -0.15) is 0 Å². The van der Waals surface area contributed by atoms with Gasteiger partial charge in [-0.05, 0) is 37.0 Å². The molecule has 1 aromatic carbocycles. The Bertz CT molecular complexity index is 347. The van der Waals surface area contributed by atoms with Gasteiger partial charge in [-0.25, -0.2) is 0 Å². The van der Waals surface area contributed by atoms with Crippen molar-refractivity contribution in [2.24, 2.45) is 0 Å². The van der Waals surface area contributed by atoms with Gasteiger partial charge in [-0.15, -0.1) is 0 Å². The molecule has 0 fully saturated rings. The molecule has 0 amide bonds. The van der Waals surface area contributed by atoms with Crippen LogP contribution in [-0.2, 0) is 13.0 Å². The molecule has 0 aromatic heterocycles. The predicted octanol–water partition coefficient (Wildman–Crippen LogP) is 1.54. The Labute approximate surface area is 98.7 Å². The Kier molecular flexibility index (Phi) is 3.83. The van der Waals surface area contributed by atoms with Crippen molar-refractivity contribution in [3.8, 4) is 0 Å². The third-order valence-corrected chi connectivity index (χ3v) is 3.29. The van der Waals surface area contributed by atoms with Crippen LogP contribution >= 0.6 is 0 Å². The molecule has 0 aliphatic carbocycles. The molecule has 2 heteroatoms. The first-order chi connectivity index (χ1) is 7.85. The monoisotopic (exact) mass is 219 g/mol. The first-order valence-corrected chi connectivity index (χ1v) is 6.49. The van der Waals surface area contributed by atoms with Crippen molar-refractivity contribution < 1.29 is 5.32 Å². The van der Waals surface area contributed by atoms with Gasteiger partial charge in [0.05, 0.1) is 7.05 Å². The Balaban J connectivity index is 2.22. The zero-order valence-electron chi connectivity index (χ0n) is 10.5. The molecule has 2 rings (SSSR count). The van der Waals surface area contributed by atoms with E-state index >= 15 is 0 Å². The van der Waals surface area contributed by atoms with Gasteiger partial charge in [0, 0.05) is 24.3 Å². The maximum Gasteiger partial charge on any atom is 0.101 e. The second kappa shape index (κ2) is 5.35. The summed E-state index contributed by atoms with van der Waals surface area (Å²) in [6, 6.07) is 7.01. The summed E-state index contributed by atoms with van der Waals surface area (Å²) >= 11 is 0. The van der Waals surface area contributed by atoms with Gasteiger partial charge in [0.2, 0.25) is 0 Å². The third kappa shape index (κ3) is 2.38. The molecule has 1 aliphatic heterocycles. The first kappa shape index (κ1) is 11.5. The lowest BCUT2D eigenvalue weighted by atomic mass is 9.99. The fraction of sp³-hybridized carbons (Fsp3) is 0.571. The molecule has 1 aromatic rings. The summed E-state index contributed by atoms with van der Waals surface area (Å²) in [5, 5.41) is 2.23. The SMILES string of the molecule is CCCN1CCCc2cc(C[NH2+]C)ccc21. The van der Waals surface area contributed by atoms with E-state index in [9.17, 15) is 0 Å². The molecule has 88 valence electrons. The third-order valence-electron chi connectivity index (χ3n) is 3.29. The molecular weight excluding hydrogens is 196 g/mol. The molecular formula is C14H23N2+. The fourth-order valence-electron chi connectivity index (χ4n) is 2.59. The number of hydrogen-bond acceptors (Lipinski definition) is 1. The second-order valence-electron chi connectivity index (χ2n) is 4.67. The van der Waals surface area contributed by atoms with Crippen LogP contribution in [0.5, 0.6) is 0 Å². The second-order valence-corrected chi connectivity index (χ2v) is 4.67. The first-order valence-electron chi connectivity index (χ1n) is 6.49. The Morgan fingerprint density at radius 2 is 2.25 bits per heavy atom. The standard InChI is InChI=1S/C14H22N2/c1-3-8-16-9-4-5-13-10-12(11-15-2)6-7-14(13)16/h6-7,10,15H,3-5,8-9,11H2,1-2H3/p+1. The lowest BCUT2D eigenvalue weighted by Gasteiger charge is -2.31. The molecule has 0 spiro atoms. The van der Waals surface area contributed by atoms with Crippen LogP contribution in [0.3, 0.4) is 0 Å². The maximum absolute atomic E-state index is 2.54. The number of aryl methyl sites for hydroxylation is 1. The number of nitrogens with zero attached hydrogens (tertiary/aromatic N) is 1. The maximum atomic E-state index is 2.54. The number of fused-ring (bicyclic) bond motifs is 1. The van der Waals surface area contributed by atoms with Crippen LogP contribution in [0.25, 0.3) is 0 Å². The zero-order chi connectivity index (χ0) is 11.4. The minimum atomic E-state index is 1.10. The van der Waals surface area contributed by atoms with Crippen molar-refractivity contribution >= 4 is 5.69 Å². The van der Waals surface area contributed by atoms with E-state index in [1.807, 2.05) is 0 Å². The summed E-state index contributed by atoms with van der Waals surface area (Å²) in [6.07, 6.45) is 3.81. The van der Waals surface area contributed by atoms with Crippen LogP contribution in [0.1, 0.15) is 30.9 Å². The van der Waals surface area contributed by atoms with Gasteiger partial charge >= 0.3 is 0 Å². The highest BCUT2D eigenvalue weighted by molar-refractivity contribution is 5.56. The molecule has 0 bridgehead atoms. The van der Waals surface area contributed by atoms with Crippen molar-refractivity contribution in [2.75, 3.05) is 25.0 Å². The number of benzene rings is 1. The van der Waals surface area contributed by atoms with E-state index in [1.54, 1.807) is 5.56 Å². The summed E-state index contributed by atoms with van der Waals surface area (Å²) < 4.78 is 0. The van der Waals surface area contributed by atoms with Crippen LogP contribution in [0.15, 0.2) is 18.2 Å². The number of anilines is 1. The van der Waals surface area contributed by atoms with Gasteiger partial charge in [0.15, 0.2) is 0 Å². The number of nitrogens with two attached hydrogens (primary N) is 1. The minimum Gasteiger partial charge on any atom is -0.371 e. The molecule has 2 nitrogen and oxygen atoms in total. The lowest BCUT2D eigenvalue weighted by molar-refractivity contribution is -0.643. The van der Waals surface area contributed by atoms with E-state index in [0.29, 0.717) is 0 Å². The topological polar surface area (TPSA) is 19.9 Å². The highest BCUT2D eigenvalue weighted by Crippen LogP contribution is 2.27. The van der Waals surface area contributed by atoms with Crippen molar-refractivity contribution in [3.63, 3.8) is 0 Å². The molecule has 0 atom stereocenters. The van der Waals surface area contributed by atoms with Crippen LogP contribution in [0.4, 0.5) is 5.69 Å². The van der Waals surface area contributed by atoms with Gasteiger partial charge < -0.3 is 10.2 Å². The van der Waals surface area contributed by atoms with Gasteiger partial charge in [-0.3, -0.25) is 0 Å². The largest absolute Gasteiger partial charge is 0.371 e. The summed E-state index contributed by atoms with van der Waals surface area (Å²) in [5.41, 5.74) is 4.49. The average molecular weight is 219 g/mol. The molecule has 0 saturated heterocycles. The number of rotatable bonds is 4. The molecule has 2 N–H and O–H groups in total. The van der Waals surface area contributed by atoms with E-state index in [0.717, 1.165) is 6.54 Å². The summed E-state index contributed by atoms with van der Waals surface area (Å²) in [6.45, 7) is 5.79. The van der Waals surface area contributed by atoms with E-state index in [1.165, 1.54) is 43.6 Å². The van der Waals surface area contributed by atoms with E-state index < -0.39 is 0 Å². The molecule has 16 heavy (non-hydrogen) atoms. The number of quaternary nitrogens is 1. The molecule has 1 heterocycles. The van der Waals surface area contributed by atoms with Crippen LogP contribution in [-0.4, -0.2) is 20.1 Å². The summed E-state index contributed by atoms with van der Waals surface area (Å²) in [4.78, 5) is 2.54. The zero-order valence-corrected chi connectivity index (χ0v) is 10.5. The molecule has 0 saturated carbocycles. The van der Waals surface area contributed by atoms with Crippen molar-refractivity contribution in [1.82, 2.24) is 0 Å². The Morgan fingerprint density at radius 1 is 1.38 bits per heavy atom. The minimum absolute atomic E-state index is 1.10. The fourth-order valence-corrected chi connectivity index (χ4v) is 2.59. The molecule has 1 aliphatic rings. The summed E-state index contributed by atoms with van der Waals surface area (Å²) in [7, 11) is 2.13. The average Bonchev–Trinajstić information content (AvgIpc) is 2.30. The van der Waals surface area contributed by atoms with Crippen molar-refractivity contribution in [1.29, 1.82) is 0 Å². The molecule has 0 radical (unpaired) electrons. The smallest absolute Gasteiger partial charge is 0.101 e. The normalized spacial score (nSPS) is 15.0. The lowest BCUT2D eigenvalue weighted by Crippen LogP contribution is -2.77. The van der Waals surface area contributed by atoms with Gasteiger partial charge in [-0.1, -0.05) is 13.0 Å². The van der Waals surface area contributed by atoms with Crippen LogP contribution in [0.2, 0.25) is 0 Å². The highest BCUT2D eigenvalue weighted by atomic mass is 15.1. The van der Waals surface area contributed by atoms with E-state index in [4.69, 9.17) is 0 Å². The number of hydrogen-bond donors (Lipinski definition) is 1. The predicted molar refractivity (Wildman–Crippen MR) is 68.8 cm³/mol. The van der Waals surface area contributed by atoms with E-state index in [-0.39, 0.29) is 0 Å².